The first-order valence-electron chi connectivity index (χ1n) is 7.24. The summed E-state index contributed by atoms with van der Waals surface area (Å²) in [4.78, 5) is 15.9. The number of amides is 1. The summed E-state index contributed by atoms with van der Waals surface area (Å²) in [7, 11) is 0. The lowest BCUT2D eigenvalue weighted by molar-refractivity contribution is -0.121. The Hall–Kier alpha value is -0.530. The third kappa shape index (κ3) is 9.39. The van der Waals surface area contributed by atoms with Crippen molar-refractivity contribution in [1.82, 2.24) is 10.6 Å². The van der Waals surface area contributed by atoms with Crippen LogP contribution in [0.2, 0.25) is 0 Å². The van der Waals surface area contributed by atoms with Crippen molar-refractivity contribution in [1.29, 1.82) is 0 Å². The normalized spacial score (nSPS) is 17.2. The Morgan fingerprint density at radius 2 is 1.85 bits per heavy atom. The smallest absolute Gasteiger partial charge is 0.222 e. The largest absolute Gasteiger partial charge is 0.370 e. The lowest BCUT2D eigenvalue weighted by atomic mass is 9.95. The summed E-state index contributed by atoms with van der Waals surface area (Å²) in [5.74, 6) is 0.483. The summed E-state index contributed by atoms with van der Waals surface area (Å²) in [5.41, 5.74) is 5.64. The van der Waals surface area contributed by atoms with Gasteiger partial charge >= 0.3 is 0 Å². The van der Waals surface area contributed by atoms with E-state index in [1.807, 2.05) is 20.8 Å². The van der Waals surface area contributed by atoms with Gasteiger partial charge < -0.3 is 16.4 Å². The molecule has 118 valence electrons. The van der Waals surface area contributed by atoms with Gasteiger partial charge in [-0.15, -0.1) is 24.0 Å². The maximum Gasteiger partial charge on any atom is 0.222 e. The van der Waals surface area contributed by atoms with Crippen molar-refractivity contribution < 1.29 is 4.79 Å². The fourth-order valence-corrected chi connectivity index (χ4v) is 2.25. The van der Waals surface area contributed by atoms with E-state index in [0.29, 0.717) is 25.0 Å². The molecule has 4 N–H and O–H groups in total. The summed E-state index contributed by atoms with van der Waals surface area (Å²) >= 11 is 0. The molecule has 0 spiro atoms. The zero-order valence-corrected chi connectivity index (χ0v) is 15.2. The summed E-state index contributed by atoms with van der Waals surface area (Å²) in [5, 5.41) is 6.14. The zero-order chi connectivity index (χ0) is 14.3. The van der Waals surface area contributed by atoms with E-state index in [-0.39, 0.29) is 35.4 Å². The van der Waals surface area contributed by atoms with Crippen molar-refractivity contribution >= 4 is 35.8 Å². The molecule has 1 aliphatic rings. The van der Waals surface area contributed by atoms with Gasteiger partial charge in [-0.3, -0.25) is 9.79 Å². The lowest BCUT2D eigenvalue weighted by Crippen LogP contribution is -2.45. The minimum atomic E-state index is -0.0993. The fraction of sp³-hybridized carbons (Fsp3) is 0.857. The van der Waals surface area contributed by atoms with Crippen LogP contribution < -0.4 is 16.4 Å². The second-order valence-corrected chi connectivity index (χ2v) is 6.29. The van der Waals surface area contributed by atoms with E-state index in [1.54, 1.807) is 0 Å². The molecule has 0 aromatic carbocycles. The summed E-state index contributed by atoms with van der Waals surface area (Å²) in [6, 6.07) is 0.371. The summed E-state index contributed by atoms with van der Waals surface area (Å²) < 4.78 is 0. The van der Waals surface area contributed by atoms with Crippen molar-refractivity contribution in [2.75, 3.05) is 6.54 Å². The van der Waals surface area contributed by atoms with Gasteiger partial charge in [0.1, 0.15) is 0 Å². The standard InChI is InChI=1S/C14H28N4O.HI/c1-14(2,3)18-13(15)16-10-9-12(19)17-11-7-5-4-6-8-11;/h11H,4-10H2,1-3H3,(H,17,19)(H3,15,16,18);1H. The minimum absolute atomic E-state index is 0. The van der Waals surface area contributed by atoms with E-state index in [0.717, 1.165) is 12.8 Å². The molecule has 6 heteroatoms. The summed E-state index contributed by atoms with van der Waals surface area (Å²) in [6.07, 6.45) is 6.39. The van der Waals surface area contributed by atoms with Crippen molar-refractivity contribution in [2.45, 2.75) is 70.9 Å². The molecule has 0 heterocycles. The molecule has 0 radical (unpaired) electrons. The number of nitrogens with two attached hydrogens (primary N) is 1. The van der Waals surface area contributed by atoms with Crippen LogP contribution in [-0.2, 0) is 4.79 Å². The highest BCUT2D eigenvalue weighted by Crippen LogP contribution is 2.17. The van der Waals surface area contributed by atoms with Crippen molar-refractivity contribution in [3.8, 4) is 0 Å². The van der Waals surface area contributed by atoms with Gasteiger partial charge in [0.15, 0.2) is 5.96 Å². The Bertz CT molecular complexity index is 320. The molecule has 0 aromatic heterocycles. The fourth-order valence-electron chi connectivity index (χ4n) is 2.25. The molecule has 0 bridgehead atoms. The molecular weight excluding hydrogens is 367 g/mol. The molecule has 0 atom stereocenters. The van der Waals surface area contributed by atoms with Crippen molar-refractivity contribution in [2.24, 2.45) is 10.7 Å². The van der Waals surface area contributed by atoms with Gasteiger partial charge in [0.05, 0.1) is 6.54 Å². The number of rotatable bonds is 4. The van der Waals surface area contributed by atoms with Crippen LogP contribution in [0, 0.1) is 0 Å². The van der Waals surface area contributed by atoms with E-state index in [2.05, 4.69) is 15.6 Å². The summed E-state index contributed by atoms with van der Waals surface area (Å²) in [6.45, 7) is 6.49. The van der Waals surface area contributed by atoms with E-state index in [1.165, 1.54) is 19.3 Å². The van der Waals surface area contributed by atoms with Gasteiger partial charge in [0, 0.05) is 18.0 Å². The number of nitrogens with one attached hydrogen (secondary N) is 2. The predicted molar refractivity (Wildman–Crippen MR) is 94.4 cm³/mol. The molecule has 1 fully saturated rings. The van der Waals surface area contributed by atoms with E-state index >= 15 is 0 Å². The number of nitrogens with zero attached hydrogens (tertiary/aromatic N) is 1. The second kappa shape index (κ2) is 9.41. The first-order chi connectivity index (χ1) is 8.87. The Labute approximate surface area is 139 Å². The van der Waals surface area contributed by atoms with Crippen LogP contribution in [0.3, 0.4) is 0 Å². The number of carbonyl (C=O) groups is 1. The monoisotopic (exact) mass is 396 g/mol. The Morgan fingerprint density at radius 3 is 2.40 bits per heavy atom. The first-order valence-corrected chi connectivity index (χ1v) is 7.24. The Balaban J connectivity index is 0.00000361. The Kier molecular flexibility index (Phi) is 9.16. The van der Waals surface area contributed by atoms with Crippen molar-refractivity contribution in [3.05, 3.63) is 0 Å². The SMILES string of the molecule is CC(C)(C)NC(N)=NCCC(=O)NC1CCCCC1.I. The van der Waals surface area contributed by atoms with Crippen LogP contribution in [0.5, 0.6) is 0 Å². The highest BCUT2D eigenvalue weighted by atomic mass is 127. The van der Waals surface area contributed by atoms with E-state index in [4.69, 9.17) is 5.73 Å². The molecule has 0 saturated heterocycles. The first kappa shape index (κ1) is 19.5. The molecular formula is C14H29IN4O. The number of guanidine groups is 1. The molecule has 1 amide bonds. The van der Waals surface area contributed by atoms with Gasteiger partial charge in [-0.1, -0.05) is 19.3 Å². The highest BCUT2D eigenvalue weighted by molar-refractivity contribution is 14.0. The van der Waals surface area contributed by atoms with Gasteiger partial charge in [-0.05, 0) is 33.6 Å². The third-order valence-electron chi connectivity index (χ3n) is 3.09. The Morgan fingerprint density at radius 1 is 1.25 bits per heavy atom. The average molecular weight is 396 g/mol. The maximum absolute atomic E-state index is 11.7. The van der Waals surface area contributed by atoms with Gasteiger partial charge in [0.25, 0.3) is 0 Å². The minimum Gasteiger partial charge on any atom is -0.370 e. The topological polar surface area (TPSA) is 79.5 Å². The number of halogens is 1. The van der Waals surface area contributed by atoms with Gasteiger partial charge in [0.2, 0.25) is 5.91 Å². The van der Waals surface area contributed by atoms with Gasteiger partial charge in [-0.2, -0.15) is 0 Å². The van der Waals surface area contributed by atoms with Crippen LogP contribution >= 0.6 is 24.0 Å². The van der Waals surface area contributed by atoms with Crippen molar-refractivity contribution in [3.63, 3.8) is 0 Å². The molecule has 0 aliphatic heterocycles. The molecule has 20 heavy (non-hydrogen) atoms. The number of hydrogen-bond acceptors (Lipinski definition) is 2. The lowest BCUT2D eigenvalue weighted by Gasteiger charge is -2.22. The maximum atomic E-state index is 11.7. The molecule has 1 aliphatic carbocycles. The molecule has 1 rings (SSSR count). The van der Waals surface area contributed by atoms with Crippen LogP contribution in [0.1, 0.15) is 59.3 Å². The number of aliphatic imine (C=N–C) groups is 1. The molecule has 0 aromatic rings. The third-order valence-corrected chi connectivity index (χ3v) is 3.09. The van der Waals surface area contributed by atoms with Crippen LogP contribution in [0.25, 0.3) is 0 Å². The van der Waals surface area contributed by atoms with Gasteiger partial charge in [-0.25, -0.2) is 0 Å². The zero-order valence-electron chi connectivity index (χ0n) is 12.9. The van der Waals surface area contributed by atoms with Crippen LogP contribution in [0.15, 0.2) is 4.99 Å². The second-order valence-electron chi connectivity index (χ2n) is 6.29. The quantitative estimate of drug-likeness (QED) is 0.387. The van der Waals surface area contributed by atoms with Crippen LogP contribution in [0.4, 0.5) is 0 Å². The number of carbonyl (C=O) groups excluding carboxylic acids is 1. The van der Waals surface area contributed by atoms with E-state index in [9.17, 15) is 4.79 Å². The highest BCUT2D eigenvalue weighted by Gasteiger charge is 2.15. The molecule has 5 nitrogen and oxygen atoms in total. The molecule has 1 saturated carbocycles. The van der Waals surface area contributed by atoms with Crippen LogP contribution in [-0.4, -0.2) is 30.0 Å². The number of hydrogen-bond donors (Lipinski definition) is 3. The average Bonchev–Trinajstić information content (AvgIpc) is 2.27. The molecule has 0 unspecified atom stereocenters. The predicted octanol–water partition coefficient (Wildman–Crippen LogP) is 2.15. The van der Waals surface area contributed by atoms with E-state index < -0.39 is 0 Å².